The first-order valence-corrected chi connectivity index (χ1v) is 11.9. The van der Waals surface area contributed by atoms with Gasteiger partial charge < -0.3 is 9.80 Å². The number of pyridine rings is 2. The first kappa shape index (κ1) is 22.9. The van der Waals surface area contributed by atoms with E-state index in [4.69, 9.17) is 0 Å². The third-order valence-corrected chi connectivity index (χ3v) is 6.30. The number of aromatic nitrogens is 2. The van der Waals surface area contributed by atoms with Crippen LogP contribution in [0.25, 0.3) is 12.2 Å². The van der Waals surface area contributed by atoms with E-state index < -0.39 is 0 Å². The predicted molar refractivity (Wildman–Crippen MR) is 133 cm³/mol. The Labute approximate surface area is 196 Å². The summed E-state index contributed by atoms with van der Waals surface area (Å²) in [5.74, 6) is 1.96. The Hall–Kier alpha value is -3.28. The molecule has 2 fully saturated rings. The highest BCUT2D eigenvalue weighted by atomic mass is 16.1. The largest absolute Gasteiger partial charge is 0.357 e. The Morgan fingerprint density at radius 3 is 1.85 bits per heavy atom. The number of nitrogens with zero attached hydrogens (tertiary/aromatic N) is 4. The lowest BCUT2D eigenvalue weighted by Gasteiger charge is -2.15. The minimum atomic E-state index is -0.0166. The summed E-state index contributed by atoms with van der Waals surface area (Å²) in [7, 11) is 0. The first-order chi connectivity index (χ1) is 16.1. The highest BCUT2D eigenvalue weighted by molar-refractivity contribution is 5.99. The van der Waals surface area contributed by atoms with Gasteiger partial charge in [-0.3, -0.25) is 9.59 Å². The average Bonchev–Trinajstić information content (AvgIpc) is 3.56. The van der Waals surface area contributed by atoms with Crippen molar-refractivity contribution in [1.82, 2.24) is 9.97 Å². The van der Waals surface area contributed by atoms with Gasteiger partial charge in [0.15, 0.2) is 11.6 Å². The molecule has 6 nitrogen and oxygen atoms in total. The quantitative estimate of drug-likeness (QED) is 0.522. The number of carbonyl (C=O) groups is 2. The number of ketones is 2. The van der Waals surface area contributed by atoms with Crippen LogP contribution in [-0.2, 0) is 9.59 Å². The molecule has 0 N–H and O–H groups in total. The molecule has 0 spiro atoms. The molecule has 0 saturated carbocycles. The van der Waals surface area contributed by atoms with Crippen molar-refractivity contribution >= 4 is 35.4 Å². The standard InChI is InChI=1S/C27H32N4O2/c1-21(32)24(18-23-8-13-27(29-20-23)31-16-4-5-17-31)9-11-25(33)10-6-22-7-12-26(28-19-22)30-14-2-3-15-30/h6-8,10,12-13,18-20H,2-5,9,11,14-17H2,1H3/b10-6+,24-18?. The second kappa shape index (κ2) is 11.0. The first-order valence-electron chi connectivity index (χ1n) is 11.9. The van der Waals surface area contributed by atoms with E-state index in [9.17, 15) is 9.59 Å². The maximum absolute atomic E-state index is 12.4. The van der Waals surface area contributed by atoms with E-state index in [0.29, 0.717) is 18.4 Å². The average molecular weight is 445 g/mol. The van der Waals surface area contributed by atoms with E-state index in [1.807, 2.05) is 30.3 Å². The zero-order valence-electron chi connectivity index (χ0n) is 19.4. The SMILES string of the molecule is CC(=O)C(=Cc1ccc(N2CCCC2)nc1)CCC(=O)/C=C/c1ccc(N2CCCC2)nc1. The second-order valence-corrected chi connectivity index (χ2v) is 8.81. The summed E-state index contributed by atoms with van der Waals surface area (Å²) >= 11 is 0. The molecular weight excluding hydrogens is 412 g/mol. The summed E-state index contributed by atoms with van der Waals surface area (Å²) in [5.41, 5.74) is 2.43. The van der Waals surface area contributed by atoms with Crippen molar-refractivity contribution in [3.63, 3.8) is 0 Å². The molecule has 0 radical (unpaired) electrons. The van der Waals surface area contributed by atoms with Crippen molar-refractivity contribution in [3.8, 4) is 0 Å². The van der Waals surface area contributed by atoms with Gasteiger partial charge in [-0.15, -0.1) is 0 Å². The zero-order chi connectivity index (χ0) is 23.0. The van der Waals surface area contributed by atoms with E-state index in [1.165, 1.54) is 25.7 Å². The Bertz CT molecular complexity index is 1010. The van der Waals surface area contributed by atoms with Crippen molar-refractivity contribution < 1.29 is 9.59 Å². The van der Waals surface area contributed by atoms with Gasteiger partial charge in [0, 0.05) is 45.0 Å². The molecule has 0 unspecified atom stereocenters. The Morgan fingerprint density at radius 2 is 1.36 bits per heavy atom. The minimum absolute atomic E-state index is 0.00623. The number of rotatable bonds is 9. The van der Waals surface area contributed by atoms with Crippen LogP contribution in [0.4, 0.5) is 11.6 Å². The van der Waals surface area contributed by atoms with E-state index in [0.717, 1.165) is 48.9 Å². The molecule has 2 aromatic rings. The third-order valence-electron chi connectivity index (χ3n) is 6.30. The normalized spacial score (nSPS) is 16.7. The zero-order valence-corrected chi connectivity index (χ0v) is 19.4. The third kappa shape index (κ3) is 6.37. The van der Waals surface area contributed by atoms with Crippen LogP contribution in [-0.4, -0.2) is 47.7 Å². The van der Waals surface area contributed by atoms with Gasteiger partial charge in [0.1, 0.15) is 11.6 Å². The molecule has 4 heterocycles. The van der Waals surface area contributed by atoms with Gasteiger partial charge in [-0.05, 0) is 98.2 Å². The molecule has 0 bridgehead atoms. The molecule has 2 saturated heterocycles. The topological polar surface area (TPSA) is 66.4 Å². The predicted octanol–water partition coefficient (Wildman–Crippen LogP) is 4.71. The van der Waals surface area contributed by atoms with E-state index in [1.54, 1.807) is 31.5 Å². The minimum Gasteiger partial charge on any atom is -0.357 e. The van der Waals surface area contributed by atoms with E-state index in [-0.39, 0.29) is 11.6 Å². The molecule has 0 amide bonds. The molecule has 0 atom stereocenters. The molecule has 0 aromatic carbocycles. The monoisotopic (exact) mass is 444 g/mol. The summed E-state index contributed by atoms with van der Waals surface area (Å²) in [6, 6.07) is 8.00. The van der Waals surface area contributed by atoms with Crippen LogP contribution in [0.1, 0.15) is 56.6 Å². The smallest absolute Gasteiger partial charge is 0.156 e. The molecule has 33 heavy (non-hydrogen) atoms. The van der Waals surface area contributed by atoms with Crippen molar-refractivity contribution in [2.24, 2.45) is 0 Å². The van der Waals surface area contributed by atoms with Crippen molar-refractivity contribution in [3.05, 3.63) is 59.4 Å². The molecular formula is C27H32N4O2. The van der Waals surface area contributed by atoms with Gasteiger partial charge in [0.2, 0.25) is 0 Å². The summed E-state index contributed by atoms with van der Waals surface area (Å²) < 4.78 is 0. The van der Waals surface area contributed by atoms with Crippen LogP contribution in [0.5, 0.6) is 0 Å². The van der Waals surface area contributed by atoms with Crippen molar-refractivity contribution in [2.45, 2.75) is 45.4 Å². The van der Waals surface area contributed by atoms with Crippen LogP contribution in [0.15, 0.2) is 48.3 Å². The summed E-state index contributed by atoms with van der Waals surface area (Å²) in [5, 5.41) is 0. The molecule has 2 aliphatic heterocycles. The number of anilines is 2. The van der Waals surface area contributed by atoms with Gasteiger partial charge in [-0.1, -0.05) is 0 Å². The number of Topliss-reactive ketones (excluding diaryl/α,β-unsaturated/α-hetero) is 1. The molecule has 4 rings (SSSR count). The van der Waals surface area contributed by atoms with E-state index in [2.05, 4.69) is 19.8 Å². The lowest BCUT2D eigenvalue weighted by atomic mass is 10.0. The number of allylic oxidation sites excluding steroid dienone is 2. The Kier molecular flexibility index (Phi) is 7.66. The highest BCUT2D eigenvalue weighted by Gasteiger charge is 2.14. The fraction of sp³-hybridized carbons (Fsp3) is 0.407. The van der Waals surface area contributed by atoms with Gasteiger partial charge in [0.05, 0.1) is 0 Å². The van der Waals surface area contributed by atoms with E-state index >= 15 is 0 Å². The highest BCUT2D eigenvalue weighted by Crippen LogP contribution is 2.20. The maximum atomic E-state index is 12.4. The van der Waals surface area contributed by atoms with Crippen LogP contribution >= 0.6 is 0 Å². The second-order valence-electron chi connectivity index (χ2n) is 8.81. The summed E-state index contributed by atoms with van der Waals surface area (Å²) in [4.78, 5) is 38.1. The Balaban J connectivity index is 1.31. The molecule has 2 aliphatic rings. The number of hydrogen-bond acceptors (Lipinski definition) is 6. The molecule has 2 aromatic heterocycles. The van der Waals surface area contributed by atoms with Crippen LogP contribution in [0, 0.1) is 0 Å². The number of carbonyl (C=O) groups excluding carboxylic acids is 2. The fourth-order valence-electron chi connectivity index (χ4n) is 4.33. The van der Waals surface area contributed by atoms with Crippen LogP contribution < -0.4 is 9.80 Å². The van der Waals surface area contributed by atoms with Gasteiger partial charge >= 0.3 is 0 Å². The van der Waals surface area contributed by atoms with Crippen LogP contribution in [0.2, 0.25) is 0 Å². The van der Waals surface area contributed by atoms with Gasteiger partial charge in [0.25, 0.3) is 0 Å². The van der Waals surface area contributed by atoms with Gasteiger partial charge in [-0.25, -0.2) is 9.97 Å². The summed E-state index contributed by atoms with van der Waals surface area (Å²) in [6.45, 7) is 5.77. The van der Waals surface area contributed by atoms with Crippen molar-refractivity contribution in [2.75, 3.05) is 36.0 Å². The fourth-order valence-corrected chi connectivity index (χ4v) is 4.33. The number of hydrogen-bond donors (Lipinski definition) is 0. The lowest BCUT2D eigenvalue weighted by Crippen LogP contribution is -2.18. The molecule has 0 aliphatic carbocycles. The summed E-state index contributed by atoms with van der Waals surface area (Å²) in [6.07, 6.45) is 14.4. The molecule has 172 valence electrons. The van der Waals surface area contributed by atoms with Gasteiger partial charge in [-0.2, -0.15) is 0 Å². The van der Waals surface area contributed by atoms with Crippen molar-refractivity contribution in [1.29, 1.82) is 0 Å². The Morgan fingerprint density at radius 1 is 0.818 bits per heavy atom. The van der Waals surface area contributed by atoms with Crippen LogP contribution in [0.3, 0.4) is 0 Å². The maximum Gasteiger partial charge on any atom is 0.156 e. The molecule has 6 heteroatoms. The lowest BCUT2D eigenvalue weighted by molar-refractivity contribution is -0.114.